The number of amides is 1. The summed E-state index contributed by atoms with van der Waals surface area (Å²) < 4.78 is 16.6. The van der Waals surface area contributed by atoms with E-state index in [4.69, 9.17) is 25.8 Å². The van der Waals surface area contributed by atoms with Crippen molar-refractivity contribution in [2.24, 2.45) is 0 Å². The number of anilines is 1. The molecule has 1 amide bonds. The molecule has 0 spiro atoms. The molecule has 6 nitrogen and oxygen atoms in total. The number of ether oxygens (including phenoxy) is 3. The van der Waals surface area contributed by atoms with E-state index in [2.05, 4.69) is 18.5 Å². The van der Waals surface area contributed by atoms with Crippen LogP contribution in [0, 0.1) is 0 Å². The molecule has 0 fully saturated rings. The standard InChI is InChI=1S/C24H24ClNO5S/c1-4-11-30-21(27)14-20-24(28)26-18-10-9-15(25)13-17(18)23(32-20)16-7-6-8-19(29-3)22(16)31-12-5-2/h4-10,13,20,23H,1-2,11-12,14H2,3H3,(H,26,28). The van der Waals surface area contributed by atoms with Gasteiger partial charge in [0.1, 0.15) is 13.2 Å². The fourth-order valence-corrected chi connectivity index (χ4v) is 4.92. The Morgan fingerprint density at radius 2 is 1.97 bits per heavy atom. The highest BCUT2D eigenvalue weighted by molar-refractivity contribution is 8.01. The smallest absolute Gasteiger partial charge is 0.307 e. The number of nitrogens with one attached hydrogen (secondary N) is 1. The number of fused-ring (bicyclic) bond motifs is 1. The molecule has 0 aromatic heterocycles. The van der Waals surface area contributed by atoms with Crippen molar-refractivity contribution in [1.29, 1.82) is 0 Å². The van der Waals surface area contributed by atoms with E-state index in [9.17, 15) is 9.59 Å². The summed E-state index contributed by atoms with van der Waals surface area (Å²) in [4.78, 5) is 25.2. The van der Waals surface area contributed by atoms with E-state index < -0.39 is 11.2 Å². The van der Waals surface area contributed by atoms with Crippen molar-refractivity contribution in [2.45, 2.75) is 16.9 Å². The molecule has 0 aliphatic carbocycles. The number of benzene rings is 2. The van der Waals surface area contributed by atoms with Gasteiger partial charge in [-0.1, -0.05) is 49.0 Å². The first-order valence-corrected chi connectivity index (χ1v) is 11.2. The molecule has 0 saturated carbocycles. The first kappa shape index (κ1) is 23.8. The van der Waals surface area contributed by atoms with Crippen LogP contribution in [-0.4, -0.2) is 37.4 Å². The number of hydrogen-bond donors (Lipinski definition) is 1. The minimum absolute atomic E-state index is 0.0879. The Hall–Kier alpha value is -2.90. The van der Waals surface area contributed by atoms with Crippen LogP contribution in [0.5, 0.6) is 11.5 Å². The van der Waals surface area contributed by atoms with Crippen LogP contribution >= 0.6 is 23.4 Å². The third-order valence-corrected chi connectivity index (χ3v) is 6.44. The lowest BCUT2D eigenvalue weighted by atomic mass is 10.0. The number of hydrogen-bond acceptors (Lipinski definition) is 6. The summed E-state index contributed by atoms with van der Waals surface area (Å²) in [5.74, 6) is 0.335. The van der Waals surface area contributed by atoms with E-state index >= 15 is 0 Å². The van der Waals surface area contributed by atoms with Crippen LogP contribution in [0.2, 0.25) is 5.02 Å². The summed E-state index contributed by atoms with van der Waals surface area (Å²) in [5.41, 5.74) is 2.21. The topological polar surface area (TPSA) is 73.9 Å². The second kappa shape index (κ2) is 11.1. The van der Waals surface area contributed by atoms with Gasteiger partial charge in [0.15, 0.2) is 11.5 Å². The Morgan fingerprint density at radius 1 is 1.19 bits per heavy atom. The lowest BCUT2D eigenvalue weighted by Gasteiger charge is -2.23. The number of esters is 1. The number of para-hydroxylation sites is 1. The molecular weight excluding hydrogens is 450 g/mol. The number of methoxy groups -OCH3 is 1. The highest BCUT2D eigenvalue weighted by Crippen LogP contribution is 2.50. The zero-order valence-electron chi connectivity index (χ0n) is 17.6. The van der Waals surface area contributed by atoms with Gasteiger partial charge in [0, 0.05) is 16.3 Å². The van der Waals surface area contributed by atoms with Gasteiger partial charge in [-0.2, -0.15) is 0 Å². The molecule has 1 aliphatic rings. The Bertz CT molecular complexity index is 1030. The minimum Gasteiger partial charge on any atom is -0.493 e. The van der Waals surface area contributed by atoms with Crippen LogP contribution in [-0.2, 0) is 14.3 Å². The van der Waals surface area contributed by atoms with Crippen LogP contribution in [0.15, 0.2) is 61.7 Å². The first-order chi connectivity index (χ1) is 15.5. The van der Waals surface area contributed by atoms with Crippen molar-refractivity contribution >= 4 is 40.9 Å². The average molecular weight is 474 g/mol. The van der Waals surface area contributed by atoms with Crippen LogP contribution in [0.3, 0.4) is 0 Å². The van der Waals surface area contributed by atoms with E-state index in [1.807, 2.05) is 18.2 Å². The van der Waals surface area contributed by atoms with Gasteiger partial charge in [-0.15, -0.1) is 11.8 Å². The fraction of sp³-hybridized carbons (Fsp3) is 0.250. The molecule has 1 heterocycles. The molecule has 1 N–H and O–H groups in total. The molecule has 168 valence electrons. The van der Waals surface area contributed by atoms with E-state index in [1.54, 1.807) is 31.4 Å². The predicted molar refractivity (Wildman–Crippen MR) is 128 cm³/mol. The maximum atomic E-state index is 13.0. The van der Waals surface area contributed by atoms with Gasteiger partial charge in [0.2, 0.25) is 5.91 Å². The van der Waals surface area contributed by atoms with Gasteiger partial charge >= 0.3 is 5.97 Å². The average Bonchev–Trinajstić information content (AvgIpc) is 2.92. The Labute approximate surface area is 196 Å². The molecule has 2 aromatic rings. The lowest BCUT2D eigenvalue weighted by Crippen LogP contribution is -2.27. The van der Waals surface area contributed by atoms with Crippen LogP contribution in [0.4, 0.5) is 5.69 Å². The minimum atomic E-state index is -0.693. The van der Waals surface area contributed by atoms with Gasteiger partial charge in [-0.25, -0.2) is 0 Å². The Morgan fingerprint density at radius 3 is 2.69 bits per heavy atom. The second-order valence-electron chi connectivity index (χ2n) is 6.88. The molecule has 8 heteroatoms. The molecule has 0 radical (unpaired) electrons. The van der Waals surface area contributed by atoms with Gasteiger partial charge < -0.3 is 19.5 Å². The number of thioether (sulfide) groups is 1. The van der Waals surface area contributed by atoms with Crippen molar-refractivity contribution in [3.63, 3.8) is 0 Å². The van der Waals surface area contributed by atoms with Gasteiger partial charge in [0.05, 0.1) is 24.0 Å². The summed E-state index contributed by atoms with van der Waals surface area (Å²) in [6.07, 6.45) is 3.04. The van der Waals surface area contributed by atoms with E-state index in [0.29, 0.717) is 22.2 Å². The van der Waals surface area contributed by atoms with Gasteiger partial charge in [-0.05, 0) is 29.8 Å². The Kier molecular flexibility index (Phi) is 8.25. The van der Waals surface area contributed by atoms with Crippen molar-refractivity contribution in [3.05, 3.63) is 77.9 Å². The lowest BCUT2D eigenvalue weighted by molar-refractivity contribution is -0.143. The van der Waals surface area contributed by atoms with Crippen molar-refractivity contribution in [3.8, 4) is 11.5 Å². The Balaban J connectivity index is 2.08. The highest BCUT2D eigenvalue weighted by Gasteiger charge is 2.35. The van der Waals surface area contributed by atoms with Gasteiger partial charge in [-0.3, -0.25) is 9.59 Å². The van der Waals surface area contributed by atoms with E-state index in [1.165, 1.54) is 17.8 Å². The maximum absolute atomic E-state index is 13.0. The molecule has 1 aliphatic heterocycles. The molecule has 3 rings (SSSR count). The van der Waals surface area contributed by atoms with Gasteiger partial charge in [0.25, 0.3) is 0 Å². The third-order valence-electron chi connectivity index (χ3n) is 4.72. The normalized spacial score (nSPS) is 17.4. The monoisotopic (exact) mass is 473 g/mol. The van der Waals surface area contributed by atoms with Crippen LogP contribution < -0.4 is 14.8 Å². The molecular formula is C24H24ClNO5S. The van der Waals surface area contributed by atoms with Crippen molar-refractivity contribution in [2.75, 3.05) is 25.6 Å². The molecule has 0 bridgehead atoms. The van der Waals surface area contributed by atoms with Crippen molar-refractivity contribution in [1.82, 2.24) is 0 Å². The second-order valence-corrected chi connectivity index (χ2v) is 8.63. The molecule has 2 unspecified atom stereocenters. The number of carbonyl (C=O) groups is 2. The molecule has 0 saturated heterocycles. The van der Waals surface area contributed by atoms with E-state index in [-0.39, 0.29) is 30.8 Å². The van der Waals surface area contributed by atoms with Crippen LogP contribution in [0.25, 0.3) is 0 Å². The highest BCUT2D eigenvalue weighted by atomic mass is 35.5. The number of halogens is 1. The summed E-state index contributed by atoms with van der Waals surface area (Å²) in [6, 6.07) is 10.8. The van der Waals surface area contributed by atoms with E-state index in [0.717, 1.165) is 11.1 Å². The SMILES string of the molecule is C=CCOC(=O)CC1SC(c2cccc(OC)c2OCC=C)c2cc(Cl)ccc2NC1=O. The predicted octanol–water partition coefficient (Wildman–Crippen LogP) is 5.18. The quantitative estimate of drug-likeness (QED) is 0.399. The summed E-state index contributed by atoms with van der Waals surface area (Å²) in [7, 11) is 1.56. The summed E-state index contributed by atoms with van der Waals surface area (Å²) >= 11 is 7.64. The fourth-order valence-electron chi connectivity index (χ4n) is 3.32. The third kappa shape index (κ3) is 5.47. The molecule has 32 heavy (non-hydrogen) atoms. The summed E-state index contributed by atoms with van der Waals surface area (Å²) in [6.45, 7) is 7.62. The largest absolute Gasteiger partial charge is 0.493 e. The number of rotatable bonds is 9. The first-order valence-electron chi connectivity index (χ1n) is 9.91. The zero-order valence-corrected chi connectivity index (χ0v) is 19.2. The number of carbonyl (C=O) groups excluding carboxylic acids is 2. The zero-order chi connectivity index (χ0) is 23.1. The molecule has 2 aromatic carbocycles. The summed E-state index contributed by atoms with van der Waals surface area (Å²) in [5, 5.41) is 2.39. The van der Waals surface area contributed by atoms with Crippen LogP contribution in [0.1, 0.15) is 22.8 Å². The molecule has 2 atom stereocenters. The van der Waals surface area contributed by atoms with Crippen molar-refractivity contribution < 1.29 is 23.8 Å². The maximum Gasteiger partial charge on any atom is 0.307 e.